The summed E-state index contributed by atoms with van der Waals surface area (Å²) in [5.41, 5.74) is 7.82. The summed E-state index contributed by atoms with van der Waals surface area (Å²) in [6.07, 6.45) is 3.45. The molecule has 4 heteroatoms. The predicted molar refractivity (Wildman–Crippen MR) is 64.4 cm³/mol. The molecule has 0 aliphatic carbocycles. The van der Waals surface area contributed by atoms with Gasteiger partial charge in [-0.05, 0) is 17.7 Å². The van der Waals surface area contributed by atoms with E-state index in [-0.39, 0.29) is 0 Å². The molecule has 0 fully saturated rings. The normalized spacial score (nSPS) is 10.1. The maximum atomic E-state index is 5.70. The Morgan fingerprint density at radius 1 is 1.12 bits per heavy atom. The van der Waals surface area contributed by atoms with E-state index < -0.39 is 0 Å². The minimum Gasteiger partial charge on any atom is -0.326 e. The summed E-state index contributed by atoms with van der Waals surface area (Å²) < 4.78 is 0. The van der Waals surface area contributed by atoms with Crippen molar-refractivity contribution in [1.29, 1.82) is 0 Å². The van der Waals surface area contributed by atoms with E-state index >= 15 is 0 Å². The Morgan fingerprint density at radius 2 is 1.81 bits per heavy atom. The Hall–Kier alpha value is -1.94. The molecule has 1 aromatic carbocycles. The van der Waals surface area contributed by atoms with Crippen LogP contribution in [0, 0.1) is 0 Å². The molecule has 0 saturated heterocycles. The predicted octanol–water partition coefficient (Wildman–Crippen LogP) is 1.70. The first-order valence-corrected chi connectivity index (χ1v) is 5.11. The molecule has 16 heavy (non-hydrogen) atoms. The van der Waals surface area contributed by atoms with Gasteiger partial charge in [0.25, 0.3) is 0 Å². The average molecular weight is 214 g/mol. The van der Waals surface area contributed by atoms with Gasteiger partial charge in [0.05, 0.1) is 0 Å². The Labute approximate surface area is 94.8 Å². The number of aromatic nitrogens is 2. The third kappa shape index (κ3) is 2.01. The van der Waals surface area contributed by atoms with Crippen molar-refractivity contribution in [2.75, 3.05) is 11.9 Å². The lowest BCUT2D eigenvalue weighted by atomic mass is 10.1. The van der Waals surface area contributed by atoms with Gasteiger partial charge in [0.2, 0.25) is 5.95 Å². The topological polar surface area (TPSA) is 55.0 Å². The molecule has 0 unspecified atom stereocenters. The Morgan fingerprint density at radius 3 is 2.50 bits per heavy atom. The molecular formula is C12H14N4. The van der Waals surface area contributed by atoms with Gasteiger partial charge in [-0.3, -0.25) is 0 Å². The van der Waals surface area contributed by atoms with E-state index in [1.165, 1.54) is 0 Å². The summed E-state index contributed by atoms with van der Waals surface area (Å²) in [7, 11) is 1.93. The summed E-state index contributed by atoms with van der Waals surface area (Å²) in [4.78, 5) is 10.3. The van der Waals surface area contributed by atoms with Crippen molar-refractivity contribution in [3.05, 3.63) is 48.3 Å². The summed E-state index contributed by atoms with van der Waals surface area (Å²) in [6, 6.07) is 9.78. The monoisotopic (exact) mass is 214 g/mol. The number of para-hydroxylation sites is 1. The summed E-state index contributed by atoms with van der Waals surface area (Å²) in [5, 5.41) is 0. The molecular weight excluding hydrogens is 200 g/mol. The second-order valence-electron chi connectivity index (χ2n) is 3.44. The molecule has 0 aliphatic rings. The van der Waals surface area contributed by atoms with Crippen molar-refractivity contribution in [2.45, 2.75) is 6.54 Å². The molecule has 0 aliphatic heterocycles. The highest BCUT2D eigenvalue weighted by Crippen LogP contribution is 2.23. The lowest BCUT2D eigenvalue weighted by molar-refractivity contribution is 1.00. The fourth-order valence-corrected chi connectivity index (χ4v) is 1.58. The van der Waals surface area contributed by atoms with Gasteiger partial charge in [0, 0.05) is 31.7 Å². The van der Waals surface area contributed by atoms with Crippen molar-refractivity contribution in [2.24, 2.45) is 5.73 Å². The molecule has 82 valence electrons. The molecule has 2 aromatic rings. The summed E-state index contributed by atoms with van der Waals surface area (Å²) in [5.74, 6) is 0.670. The lowest BCUT2D eigenvalue weighted by Crippen LogP contribution is -2.15. The summed E-state index contributed by atoms with van der Waals surface area (Å²) >= 11 is 0. The van der Waals surface area contributed by atoms with Crippen molar-refractivity contribution in [3.63, 3.8) is 0 Å². The minimum absolute atomic E-state index is 0.507. The molecule has 0 spiro atoms. The molecule has 0 bridgehead atoms. The maximum Gasteiger partial charge on any atom is 0.229 e. The first-order chi connectivity index (χ1) is 7.83. The molecule has 0 radical (unpaired) electrons. The van der Waals surface area contributed by atoms with E-state index in [9.17, 15) is 0 Å². The zero-order valence-electron chi connectivity index (χ0n) is 9.17. The van der Waals surface area contributed by atoms with Crippen molar-refractivity contribution in [1.82, 2.24) is 9.97 Å². The zero-order chi connectivity index (χ0) is 11.4. The molecule has 0 amide bonds. The molecule has 1 aromatic heterocycles. The smallest absolute Gasteiger partial charge is 0.229 e. The number of nitrogens with two attached hydrogens (primary N) is 1. The van der Waals surface area contributed by atoms with Gasteiger partial charge < -0.3 is 10.6 Å². The van der Waals surface area contributed by atoms with Crippen LogP contribution in [0.2, 0.25) is 0 Å². The van der Waals surface area contributed by atoms with Crippen LogP contribution in [0.25, 0.3) is 0 Å². The highest BCUT2D eigenvalue weighted by Gasteiger charge is 2.09. The van der Waals surface area contributed by atoms with Gasteiger partial charge in [-0.1, -0.05) is 18.2 Å². The van der Waals surface area contributed by atoms with E-state index in [1.807, 2.05) is 36.2 Å². The van der Waals surface area contributed by atoms with Crippen LogP contribution in [0.4, 0.5) is 11.6 Å². The van der Waals surface area contributed by atoms with Gasteiger partial charge >= 0.3 is 0 Å². The molecule has 2 N–H and O–H groups in total. The first kappa shape index (κ1) is 10.6. The largest absolute Gasteiger partial charge is 0.326 e. The molecule has 1 heterocycles. The molecule has 2 rings (SSSR count). The Kier molecular flexibility index (Phi) is 3.12. The van der Waals surface area contributed by atoms with Crippen LogP contribution in [0.5, 0.6) is 0 Å². The van der Waals surface area contributed by atoms with Crippen LogP contribution in [0.15, 0.2) is 42.7 Å². The second kappa shape index (κ2) is 4.72. The van der Waals surface area contributed by atoms with Crippen LogP contribution in [-0.2, 0) is 6.54 Å². The Bertz CT molecular complexity index is 456. The Balaban J connectivity index is 2.37. The van der Waals surface area contributed by atoms with Gasteiger partial charge in [0.1, 0.15) is 0 Å². The number of rotatable bonds is 3. The van der Waals surface area contributed by atoms with E-state index in [0.717, 1.165) is 11.3 Å². The van der Waals surface area contributed by atoms with E-state index in [1.54, 1.807) is 18.5 Å². The zero-order valence-corrected chi connectivity index (χ0v) is 9.17. The number of nitrogens with zero attached hydrogens (tertiary/aromatic N) is 3. The van der Waals surface area contributed by atoms with Crippen LogP contribution in [0.3, 0.4) is 0 Å². The fourth-order valence-electron chi connectivity index (χ4n) is 1.58. The highest BCUT2D eigenvalue weighted by atomic mass is 15.2. The van der Waals surface area contributed by atoms with Crippen molar-refractivity contribution in [3.8, 4) is 0 Å². The van der Waals surface area contributed by atoms with E-state index in [2.05, 4.69) is 9.97 Å². The van der Waals surface area contributed by atoms with Crippen LogP contribution >= 0.6 is 0 Å². The summed E-state index contributed by atoms with van der Waals surface area (Å²) in [6.45, 7) is 0.507. The fraction of sp³-hybridized carbons (Fsp3) is 0.167. The molecule has 0 atom stereocenters. The number of anilines is 2. The SMILES string of the molecule is CN(c1ncccn1)c1ccccc1CN. The van der Waals surface area contributed by atoms with Crippen LogP contribution in [-0.4, -0.2) is 17.0 Å². The first-order valence-electron chi connectivity index (χ1n) is 5.11. The van der Waals surface area contributed by atoms with Gasteiger partial charge in [-0.2, -0.15) is 0 Å². The van der Waals surface area contributed by atoms with E-state index in [4.69, 9.17) is 5.73 Å². The van der Waals surface area contributed by atoms with Crippen molar-refractivity contribution >= 4 is 11.6 Å². The van der Waals surface area contributed by atoms with Gasteiger partial charge in [-0.15, -0.1) is 0 Å². The van der Waals surface area contributed by atoms with Crippen molar-refractivity contribution < 1.29 is 0 Å². The van der Waals surface area contributed by atoms with Crippen LogP contribution in [0.1, 0.15) is 5.56 Å². The quantitative estimate of drug-likeness (QED) is 0.845. The molecule has 4 nitrogen and oxygen atoms in total. The molecule has 0 saturated carbocycles. The minimum atomic E-state index is 0.507. The van der Waals surface area contributed by atoms with E-state index in [0.29, 0.717) is 12.5 Å². The number of hydrogen-bond donors (Lipinski definition) is 1. The average Bonchev–Trinajstić information content (AvgIpc) is 2.39. The maximum absolute atomic E-state index is 5.70. The number of hydrogen-bond acceptors (Lipinski definition) is 4. The second-order valence-corrected chi connectivity index (χ2v) is 3.44. The number of benzene rings is 1. The van der Waals surface area contributed by atoms with Crippen LogP contribution < -0.4 is 10.6 Å². The third-order valence-corrected chi connectivity index (χ3v) is 2.43. The highest BCUT2D eigenvalue weighted by molar-refractivity contribution is 5.60. The van der Waals surface area contributed by atoms with Gasteiger partial charge in [0.15, 0.2) is 0 Å². The lowest BCUT2D eigenvalue weighted by Gasteiger charge is -2.19. The standard InChI is InChI=1S/C12H14N4/c1-16(12-14-7-4-8-15-12)11-6-3-2-5-10(11)9-13/h2-8H,9,13H2,1H3. The third-order valence-electron chi connectivity index (χ3n) is 2.43. The van der Waals surface area contributed by atoms with Gasteiger partial charge in [-0.25, -0.2) is 9.97 Å².